The van der Waals surface area contributed by atoms with Gasteiger partial charge in [0.1, 0.15) is 13.1 Å². The van der Waals surface area contributed by atoms with E-state index < -0.39 is 0 Å². The second kappa shape index (κ2) is 6.96. The van der Waals surface area contributed by atoms with Crippen molar-refractivity contribution in [1.82, 2.24) is 0 Å². The number of benzene rings is 2. The first-order chi connectivity index (χ1) is 9.72. The molecule has 0 spiro atoms. The van der Waals surface area contributed by atoms with Crippen molar-refractivity contribution in [3.63, 3.8) is 0 Å². The summed E-state index contributed by atoms with van der Waals surface area (Å²) in [6.45, 7) is 4.01. The van der Waals surface area contributed by atoms with Crippen LogP contribution in [0.15, 0.2) is 42.5 Å². The lowest BCUT2D eigenvalue weighted by Crippen LogP contribution is -2.80. The Morgan fingerprint density at radius 3 is 2.05 bits per heavy atom. The van der Waals surface area contributed by atoms with Crippen molar-refractivity contribution in [3.05, 3.63) is 59.2 Å². The lowest BCUT2D eigenvalue weighted by Gasteiger charge is -2.09. The molecule has 3 nitrogen and oxygen atoms in total. The zero-order valence-corrected chi connectivity index (χ0v) is 12.3. The molecule has 0 heterocycles. The van der Waals surface area contributed by atoms with Gasteiger partial charge in [-0.15, -0.1) is 0 Å². The molecule has 0 aliphatic heterocycles. The summed E-state index contributed by atoms with van der Waals surface area (Å²) in [5.74, 6) is 1.56. The van der Waals surface area contributed by atoms with Crippen LogP contribution >= 0.6 is 0 Å². The molecule has 0 aromatic heterocycles. The number of methoxy groups -OCH3 is 2. The van der Waals surface area contributed by atoms with Crippen LogP contribution in [0.4, 0.5) is 0 Å². The Labute approximate surface area is 120 Å². The molecule has 0 unspecified atom stereocenters. The Morgan fingerprint density at radius 1 is 0.800 bits per heavy atom. The highest BCUT2D eigenvalue weighted by Gasteiger charge is 2.05. The van der Waals surface area contributed by atoms with Crippen LogP contribution < -0.4 is 14.8 Å². The van der Waals surface area contributed by atoms with Crippen LogP contribution in [-0.4, -0.2) is 14.2 Å². The fraction of sp³-hybridized carbons (Fsp3) is 0.294. The van der Waals surface area contributed by atoms with Crippen LogP contribution in [0.5, 0.6) is 11.5 Å². The highest BCUT2D eigenvalue weighted by Crippen LogP contribution is 2.27. The average molecular weight is 272 g/mol. The Hall–Kier alpha value is -2.00. The highest BCUT2D eigenvalue weighted by molar-refractivity contribution is 5.42. The maximum Gasteiger partial charge on any atom is 0.161 e. The van der Waals surface area contributed by atoms with Gasteiger partial charge in [0.2, 0.25) is 0 Å². The molecule has 0 atom stereocenters. The minimum atomic E-state index is 0.773. The normalized spacial score (nSPS) is 10.3. The van der Waals surface area contributed by atoms with Gasteiger partial charge in [-0.05, 0) is 25.1 Å². The first-order valence-corrected chi connectivity index (χ1v) is 6.81. The molecule has 0 bridgehead atoms. The maximum absolute atomic E-state index is 5.32. The predicted molar refractivity (Wildman–Crippen MR) is 80.1 cm³/mol. The lowest BCUT2D eigenvalue weighted by atomic mass is 10.1. The first kappa shape index (κ1) is 14.4. The van der Waals surface area contributed by atoms with Gasteiger partial charge in [0.25, 0.3) is 0 Å². The monoisotopic (exact) mass is 272 g/mol. The van der Waals surface area contributed by atoms with E-state index in [9.17, 15) is 0 Å². The van der Waals surface area contributed by atoms with Crippen molar-refractivity contribution in [2.75, 3.05) is 14.2 Å². The third kappa shape index (κ3) is 3.75. The number of aryl methyl sites for hydroxylation is 1. The summed E-state index contributed by atoms with van der Waals surface area (Å²) in [5, 5.41) is 2.28. The second-order valence-corrected chi connectivity index (χ2v) is 4.87. The number of quaternary nitrogens is 1. The van der Waals surface area contributed by atoms with Crippen LogP contribution in [0, 0.1) is 6.92 Å². The van der Waals surface area contributed by atoms with E-state index in [-0.39, 0.29) is 0 Å². The fourth-order valence-electron chi connectivity index (χ4n) is 2.14. The van der Waals surface area contributed by atoms with E-state index in [2.05, 4.69) is 42.6 Å². The molecular weight excluding hydrogens is 250 g/mol. The molecule has 0 saturated carbocycles. The number of rotatable bonds is 6. The molecule has 0 saturated heterocycles. The summed E-state index contributed by atoms with van der Waals surface area (Å²) >= 11 is 0. The van der Waals surface area contributed by atoms with Crippen molar-refractivity contribution in [1.29, 1.82) is 0 Å². The molecule has 20 heavy (non-hydrogen) atoms. The van der Waals surface area contributed by atoms with E-state index in [1.807, 2.05) is 12.1 Å². The number of nitrogens with two attached hydrogens (primary N) is 1. The highest BCUT2D eigenvalue weighted by atomic mass is 16.5. The Morgan fingerprint density at radius 2 is 1.40 bits per heavy atom. The molecule has 0 aliphatic rings. The summed E-state index contributed by atoms with van der Waals surface area (Å²) in [5.41, 5.74) is 3.87. The van der Waals surface area contributed by atoms with Gasteiger partial charge in [0.05, 0.1) is 14.2 Å². The molecule has 106 valence electrons. The minimum absolute atomic E-state index is 0.773. The summed E-state index contributed by atoms with van der Waals surface area (Å²) in [7, 11) is 3.32. The lowest BCUT2D eigenvalue weighted by molar-refractivity contribution is -0.686. The van der Waals surface area contributed by atoms with Crippen molar-refractivity contribution >= 4 is 0 Å². The number of hydrogen-bond acceptors (Lipinski definition) is 2. The molecule has 0 aliphatic carbocycles. The number of ether oxygens (including phenoxy) is 2. The quantitative estimate of drug-likeness (QED) is 0.875. The molecule has 2 N–H and O–H groups in total. The third-order valence-corrected chi connectivity index (χ3v) is 3.33. The molecule has 2 aromatic rings. The van der Waals surface area contributed by atoms with Crippen LogP contribution in [0.1, 0.15) is 16.7 Å². The van der Waals surface area contributed by atoms with E-state index in [1.165, 1.54) is 16.7 Å². The molecule has 0 fully saturated rings. The fourth-order valence-corrected chi connectivity index (χ4v) is 2.14. The molecule has 2 rings (SSSR count). The molecule has 0 amide bonds. The van der Waals surface area contributed by atoms with Gasteiger partial charge >= 0.3 is 0 Å². The summed E-state index contributed by atoms with van der Waals surface area (Å²) in [6, 6.07) is 14.7. The second-order valence-electron chi connectivity index (χ2n) is 4.87. The van der Waals surface area contributed by atoms with Crippen molar-refractivity contribution in [3.8, 4) is 11.5 Å². The molecule has 0 radical (unpaired) electrons. The van der Waals surface area contributed by atoms with Gasteiger partial charge in [-0.25, -0.2) is 0 Å². The van der Waals surface area contributed by atoms with E-state index >= 15 is 0 Å². The van der Waals surface area contributed by atoms with Gasteiger partial charge in [0.15, 0.2) is 11.5 Å². The van der Waals surface area contributed by atoms with E-state index in [4.69, 9.17) is 9.47 Å². The van der Waals surface area contributed by atoms with Crippen LogP contribution in [0.3, 0.4) is 0 Å². The summed E-state index contributed by atoms with van der Waals surface area (Å²) < 4.78 is 10.6. The van der Waals surface area contributed by atoms with Crippen molar-refractivity contribution in [2.24, 2.45) is 0 Å². The van der Waals surface area contributed by atoms with Gasteiger partial charge in [0, 0.05) is 11.1 Å². The average Bonchev–Trinajstić information content (AvgIpc) is 2.49. The largest absolute Gasteiger partial charge is 0.493 e. The zero-order chi connectivity index (χ0) is 14.4. The third-order valence-electron chi connectivity index (χ3n) is 3.33. The molecular formula is C17H22NO2+. The van der Waals surface area contributed by atoms with Crippen LogP contribution in [0.25, 0.3) is 0 Å². The van der Waals surface area contributed by atoms with Crippen molar-refractivity contribution < 1.29 is 14.8 Å². The molecule has 3 heteroatoms. The maximum atomic E-state index is 5.32. The number of hydrogen-bond donors (Lipinski definition) is 1. The SMILES string of the molecule is COc1ccc(C[NH2+]Cc2ccc(C)cc2)cc1OC. The predicted octanol–water partition coefficient (Wildman–Crippen LogP) is 2.28. The van der Waals surface area contributed by atoms with Crippen molar-refractivity contribution in [2.45, 2.75) is 20.0 Å². The Kier molecular flexibility index (Phi) is 5.02. The summed E-state index contributed by atoms with van der Waals surface area (Å²) in [6.07, 6.45) is 0. The Bertz CT molecular complexity index is 549. The standard InChI is InChI=1S/C17H21NO2/c1-13-4-6-14(7-5-13)11-18-12-15-8-9-16(19-2)17(10-15)20-3/h4-10,18H,11-12H2,1-3H3/p+1. The van der Waals surface area contributed by atoms with Gasteiger partial charge in [-0.1, -0.05) is 29.8 Å². The van der Waals surface area contributed by atoms with E-state index in [0.717, 1.165) is 24.6 Å². The van der Waals surface area contributed by atoms with Gasteiger partial charge in [-0.3, -0.25) is 0 Å². The zero-order valence-electron chi connectivity index (χ0n) is 12.3. The molecule has 2 aromatic carbocycles. The Balaban J connectivity index is 1.92. The first-order valence-electron chi connectivity index (χ1n) is 6.81. The minimum Gasteiger partial charge on any atom is -0.493 e. The van der Waals surface area contributed by atoms with Crippen LogP contribution in [-0.2, 0) is 13.1 Å². The van der Waals surface area contributed by atoms with Gasteiger partial charge in [-0.2, -0.15) is 0 Å². The van der Waals surface area contributed by atoms with Gasteiger partial charge < -0.3 is 14.8 Å². The van der Waals surface area contributed by atoms with Crippen LogP contribution in [0.2, 0.25) is 0 Å². The van der Waals surface area contributed by atoms with E-state index in [0.29, 0.717) is 0 Å². The summed E-state index contributed by atoms with van der Waals surface area (Å²) in [4.78, 5) is 0. The van der Waals surface area contributed by atoms with E-state index in [1.54, 1.807) is 14.2 Å². The smallest absolute Gasteiger partial charge is 0.161 e. The topological polar surface area (TPSA) is 35.1 Å².